The van der Waals surface area contributed by atoms with Crippen LogP contribution in [0.3, 0.4) is 0 Å². The highest BCUT2D eigenvalue weighted by Gasteiger charge is 2.22. The second kappa shape index (κ2) is 9.49. The van der Waals surface area contributed by atoms with Crippen molar-refractivity contribution in [2.45, 2.75) is 16.7 Å². The maximum atomic E-state index is 13.3. The number of nitrogens with one attached hydrogen (secondary N) is 1. The van der Waals surface area contributed by atoms with Crippen LogP contribution in [-0.4, -0.2) is 32.6 Å². The van der Waals surface area contributed by atoms with E-state index in [0.717, 1.165) is 31.2 Å². The summed E-state index contributed by atoms with van der Waals surface area (Å²) in [5.74, 6) is -3.42. The molecule has 0 aliphatic carbocycles. The molecule has 0 heterocycles. The van der Waals surface area contributed by atoms with Crippen molar-refractivity contribution in [3.8, 4) is 0 Å². The molecule has 31 heavy (non-hydrogen) atoms. The van der Waals surface area contributed by atoms with Crippen LogP contribution in [0.25, 0.3) is 0 Å². The second-order valence-corrected chi connectivity index (χ2v) is 8.63. The van der Waals surface area contributed by atoms with E-state index in [9.17, 15) is 50.6 Å². The fourth-order valence-corrected chi connectivity index (χ4v) is 3.54. The van der Waals surface area contributed by atoms with Gasteiger partial charge in [-0.15, -0.1) is 0 Å². The van der Waals surface area contributed by atoms with Crippen molar-refractivity contribution in [3.05, 3.63) is 68.3 Å². The van der Waals surface area contributed by atoms with Crippen LogP contribution in [0.1, 0.15) is 6.92 Å². The molecule has 0 aliphatic rings. The van der Waals surface area contributed by atoms with E-state index in [2.05, 4.69) is 5.14 Å². The number of nitro groups is 2. The van der Waals surface area contributed by atoms with Crippen LogP contribution < -0.4 is 9.86 Å². The van der Waals surface area contributed by atoms with Crippen molar-refractivity contribution in [1.82, 2.24) is 4.72 Å². The number of non-ortho nitro benzene ring substituents is 2. The number of sulfonamides is 2. The lowest BCUT2D eigenvalue weighted by atomic mass is 10.3. The van der Waals surface area contributed by atoms with Crippen molar-refractivity contribution in [3.63, 3.8) is 0 Å². The molecular weight excluding hydrogens is 470 g/mol. The molecule has 0 atom stereocenters. The molecule has 0 spiro atoms. The van der Waals surface area contributed by atoms with E-state index in [-0.39, 0.29) is 0 Å². The highest BCUT2D eigenvalue weighted by Crippen LogP contribution is 2.20. The van der Waals surface area contributed by atoms with E-state index >= 15 is 0 Å². The van der Waals surface area contributed by atoms with Crippen LogP contribution >= 0.6 is 0 Å². The average Bonchev–Trinajstić information content (AvgIpc) is 2.59. The minimum Gasteiger partial charge on any atom is -0.274 e. The van der Waals surface area contributed by atoms with Crippen LogP contribution in [0, 0.1) is 31.9 Å². The number of amides is 1. The van der Waals surface area contributed by atoms with Crippen LogP contribution in [0.15, 0.2) is 46.2 Å². The zero-order valence-electron chi connectivity index (χ0n) is 15.2. The van der Waals surface area contributed by atoms with Gasteiger partial charge in [-0.3, -0.25) is 25.0 Å². The van der Waals surface area contributed by atoms with Crippen LogP contribution in [0.2, 0.25) is 0 Å². The minimum absolute atomic E-state index is 0.467. The maximum absolute atomic E-state index is 13.3. The third kappa shape index (κ3) is 7.01. The van der Waals surface area contributed by atoms with Gasteiger partial charge in [-0.1, -0.05) is 0 Å². The van der Waals surface area contributed by atoms with E-state index in [0.29, 0.717) is 12.1 Å². The summed E-state index contributed by atoms with van der Waals surface area (Å²) in [6.45, 7) is 0.945. The Kier molecular flexibility index (Phi) is 7.80. The Morgan fingerprint density at radius 2 is 1.29 bits per heavy atom. The van der Waals surface area contributed by atoms with Gasteiger partial charge in [-0.05, 0) is 12.1 Å². The van der Waals surface area contributed by atoms with E-state index in [4.69, 9.17) is 0 Å². The summed E-state index contributed by atoms with van der Waals surface area (Å²) in [6, 6.07) is 4.14. The molecule has 2 aromatic carbocycles. The lowest BCUT2D eigenvalue weighted by Crippen LogP contribution is -2.28. The quantitative estimate of drug-likeness (QED) is 0.458. The first-order chi connectivity index (χ1) is 14.1. The third-order valence-corrected chi connectivity index (χ3v) is 5.54. The number of nitrogens with two attached hydrogens (primary N) is 1. The molecule has 0 saturated carbocycles. The third-order valence-electron chi connectivity index (χ3n) is 3.13. The first-order valence-corrected chi connectivity index (χ1v) is 10.5. The molecule has 17 heteroatoms. The predicted octanol–water partition coefficient (Wildman–Crippen LogP) is 0.940. The monoisotopic (exact) mass is 482 g/mol. The Labute approximate surface area is 172 Å². The van der Waals surface area contributed by atoms with Gasteiger partial charge in [0.15, 0.2) is 5.82 Å². The Balaban J connectivity index is 0.000000316. The van der Waals surface area contributed by atoms with Crippen LogP contribution in [-0.2, 0) is 24.8 Å². The molecule has 1 amide bonds. The number of hydrogen-bond donors (Lipinski definition) is 2. The Bertz CT molecular complexity index is 1260. The summed E-state index contributed by atoms with van der Waals surface area (Å²) in [7, 11) is -8.50. The van der Waals surface area contributed by atoms with Crippen molar-refractivity contribution in [2.75, 3.05) is 0 Å². The van der Waals surface area contributed by atoms with Crippen LogP contribution in [0.4, 0.5) is 20.2 Å². The van der Waals surface area contributed by atoms with Crippen molar-refractivity contribution in [1.29, 1.82) is 0 Å². The Hall–Kier alpha value is -3.57. The van der Waals surface area contributed by atoms with Gasteiger partial charge in [0.2, 0.25) is 15.9 Å². The van der Waals surface area contributed by atoms with E-state index in [1.807, 2.05) is 0 Å². The fraction of sp³-hybridized carbons (Fsp3) is 0.0714. The van der Waals surface area contributed by atoms with Gasteiger partial charge in [0.1, 0.15) is 15.6 Å². The highest BCUT2D eigenvalue weighted by atomic mass is 32.2. The first kappa shape index (κ1) is 25.5. The highest BCUT2D eigenvalue weighted by molar-refractivity contribution is 7.90. The number of hydrogen-bond acceptors (Lipinski definition) is 9. The summed E-state index contributed by atoms with van der Waals surface area (Å²) in [5, 5.41) is 25.1. The average molecular weight is 482 g/mol. The predicted molar refractivity (Wildman–Crippen MR) is 98.5 cm³/mol. The molecule has 0 fully saturated rings. The molecule has 0 aromatic heterocycles. The Morgan fingerprint density at radius 3 is 1.58 bits per heavy atom. The van der Waals surface area contributed by atoms with Crippen molar-refractivity contribution >= 4 is 37.3 Å². The van der Waals surface area contributed by atoms with Crippen LogP contribution in [0.5, 0.6) is 0 Å². The summed E-state index contributed by atoms with van der Waals surface area (Å²) in [4.78, 5) is 27.8. The van der Waals surface area contributed by atoms with Gasteiger partial charge < -0.3 is 0 Å². The molecule has 0 aliphatic heterocycles. The number of carbonyl (C=O) groups is 1. The lowest BCUT2D eigenvalue weighted by Gasteiger charge is -2.05. The second-order valence-electron chi connectivity index (χ2n) is 5.45. The number of halogens is 2. The van der Waals surface area contributed by atoms with Gasteiger partial charge in [-0.25, -0.2) is 35.5 Å². The molecule has 168 valence electrons. The largest absolute Gasteiger partial charge is 0.274 e. The molecule has 0 bridgehead atoms. The molecule has 2 rings (SSSR count). The zero-order chi connectivity index (χ0) is 24.1. The van der Waals surface area contributed by atoms with Gasteiger partial charge >= 0.3 is 0 Å². The van der Waals surface area contributed by atoms with E-state index in [1.165, 1.54) is 0 Å². The molecule has 2 aromatic rings. The van der Waals surface area contributed by atoms with Gasteiger partial charge in [0, 0.05) is 19.1 Å². The topological polar surface area (TPSA) is 210 Å². The standard InChI is InChI=1S/C8H7FN2O5S.C6H5FN2O4S/c1-5(12)10-17(15,16)8-3-2-6(11(13)14)4-7(8)9;7-5-3-4(9(10)11)1-2-6(5)14(8,12)13/h2-4H,1H3,(H,10,12);1-3H,(H2,8,12,13). The zero-order valence-corrected chi connectivity index (χ0v) is 16.8. The van der Waals surface area contributed by atoms with Crippen molar-refractivity contribution in [2.24, 2.45) is 5.14 Å². The van der Waals surface area contributed by atoms with Crippen molar-refractivity contribution < 1.29 is 40.3 Å². The molecule has 13 nitrogen and oxygen atoms in total. The summed E-state index contributed by atoms with van der Waals surface area (Å²) < 4.78 is 72.0. The lowest BCUT2D eigenvalue weighted by molar-refractivity contribution is -0.385. The number of nitro benzene ring substituents is 2. The normalized spacial score (nSPS) is 11.1. The molecule has 0 radical (unpaired) electrons. The number of nitrogens with zero attached hydrogens (tertiary/aromatic N) is 2. The SMILES string of the molecule is CC(=O)NS(=O)(=O)c1ccc([N+](=O)[O-])cc1F.NS(=O)(=O)c1ccc([N+](=O)[O-])cc1F. The molecule has 0 saturated heterocycles. The molecule has 3 N–H and O–H groups in total. The van der Waals surface area contributed by atoms with Gasteiger partial charge in [-0.2, -0.15) is 0 Å². The number of primary sulfonamides is 1. The number of rotatable bonds is 5. The molecular formula is C14H12F2N4O9S2. The summed E-state index contributed by atoms with van der Waals surface area (Å²) in [5.41, 5.74) is -1.11. The Morgan fingerprint density at radius 1 is 0.903 bits per heavy atom. The molecule has 0 unspecified atom stereocenters. The summed E-state index contributed by atoms with van der Waals surface area (Å²) in [6.07, 6.45) is 0. The number of benzene rings is 2. The minimum atomic E-state index is -4.33. The van der Waals surface area contributed by atoms with Gasteiger partial charge in [0.05, 0.1) is 22.0 Å². The summed E-state index contributed by atoms with van der Waals surface area (Å²) >= 11 is 0. The smallest absolute Gasteiger partial charge is 0.272 e. The van der Waals surface area contributed by atoms with E-state index in [1.54, 1.807) is 4.72 Å². The number of carbonyl (C=O) groups excluding carboxylic acids is 1. The fourth-order valence-electron chi connectivity index (χ4n) is 1.90. The van der Waals surface area contributed by atoms with E-state index < -0.39 is 68.6 Å². The van der Waals surface area contributed by atoms with Gasteiger partial charge in [0.25, 0.3) is 21.4 Å². The first-order valence-electron chi connectivity index (χ1n) is 7.50. The maximum Gasteiger partial charge on any atom is 0.272 e.